The molecular formula is C82H157NO5. The lowest BCUT2D eigenvalue weighted by Crippen LogP contribution is -2.45. The summed E-state index contributed by atoms with van der Waals surface area (Å²) >= 11 is 0. The maximum Gasteiger partial charge on any atom is 0.305 e. The van der Waals surface area contributed by atoms with Crippen molar-refractivity contribution in [2.24, 2.45) is 0 Å². The first kappa shape index (κ1) is 86.1. The van der Waals surface area contributed by atoms with E-state index in [9.17, 15) is 19.8 Å². The van der Waals surface area contributed by atoms with E-state index in [0.717, 1.165) is 44.9 Å². The molecule has 0 spiro atoms. The quantitative estimate of drug-likeness (QED) is 0.0320. The van der Waals surface area contributed by atoms with Gasteiger partial charge in [-0.1, -0.05) is 391 Å². The first-order valence-corrected chi connectivity index (χ1v) is 40.2. The van der Waals surface area contributed by atoms with Crippen molar-refractivity contribution < 1.29 is 24.5 Å². The molecule has 2 unspecified atom stereocenters. The molecule has 0 aromatic rings. The monoisotopic (exact) mass is 1240 g/mol. The molecule has 0 aliphatic rings. The lowest BCUT2D eigenvalue weighted by Gasteiger charge is -2.22. The molecule has 6 nitrogen and oxygen atoms in total. The summed E-state index contributed by atoms with van der Waals surface area (Å²) in [7, 11) is 0. The fourth-order valence-corrected chi connectivity index (χ4v) is 12.8. The molecule has 88 heavy (non-hydrogen) atoms. The fraction of sp³-hybridized carbons (Fsp3) is 0.902. The summed E-state index contributed by atoms with van der Waals surface area (Å²) in [4.78, 5) is 24.7. The SMILES string of the molecule is CCCCCCCC/C=C\CCCCCCCCCCCC(=O)OCCCCCCCCCCC/C=C\C/C=C\CCCCCCCCCCCCCCCCCCCC(=O)NC(CO)C(O)CCCCCCCCCCCCCCCCCCCCC. The van der Waals surface area contributed by atoms with Crippen molar-refractivity contribution in [3.63, 3.8) is 0 Å². The number of nitrogens with one attached hydrogen (secondary N) is 1. The van der Waals surface area contributed by atoms with Gasteiger partial charge in [-0.05, 0) is 83.5 Å². The number of aliphatic hydroxyl groups excluding tert-OH is 2. The Kier molecular flexibility index (Phi) is 75.8. The summed E-state index contributed by atoms with van der Waals surface area (Å²) in [6.07, 6.45) is 101. The van der Waals surface area contributed by atoms with Crippen molar-refractivity contribution in [1.29, 1.82) is 0 Å². The summed E-state index contributed by atoms with van der Waals surface area (Å²) in [5.74, 6) is -0.0140. The first-order valence-electron chi connectivity index (χ1n) is 40.2. The van der Waals surface area contributed by atoms with Crippen LogP contribution in [0.4, 0.5) is 0 Å². The Bertz CT molecular complexity index is 1430. The van der Waals surface area contributed by atoms with Gasteiger partial charge in [0.1, 0.15) is 0 Å². The van der Waals surface area contributed by atoms with Crippen LogP contribution in [-0.4, -0.2) is 47.4 Å². The minimum Gasteiger partial charge on any atom is -0.466 e. The molecule has 0 saturated carbocycles. The van der Waals surface area contributed by atoms with E-state index in [2.05, 4.69) is 55.6 Å². The Morgan fingerprint density at radius 3 is 0.875 bits per heavy atom. The van der Waals surface area contributed by atoms with Crippen LogP contribution in [0.2, 0.25) is 0 Å². The van der Waals surface area contributed by atoms with Crippen LogP contribution in [0, 0.1) is 0 Å². The van der Waals surface area contributed by atoms with Gasteiger partial charge in [0, 0.05) is 12.8 Å². The topological polar surface area (TPSA) is 95.9 Å². The van der Waals surface area contributed by atoms with E-state index in [1.165, 1.54) is 372 Å². The highest BCUT2D eigenvalue weighted by atomic mass is 16.5. The van der Waals surface area contributed by atoms with E-state index in [0.29, 0.717) is 25.9 Å². The van der Waals surface area contributed by atoms with Gasteiger partial charge in [-0.15, -0.1) is 0 Å². The summed E-state index contributed by atoms with van der Waals surface area (Å²) in [6, 6.07) is -0.541. The predicted octanol–water partition coefficient (Wildman–Crippen LogP) is 26.6. The van der Waals surface area contributed by atoms with Gasteiger partial charge in [0.15, 0.2) is 0 Å². The first-order chi connectivity index (χ1) is 43.5. The maximum atomic E-state index is 12.6. The molecule has 0 bridgehead atoms. The van der Waals surface area contributed by atoms with Gasteiger partial charge < -0.3 is 20.3 Å². The van der Waals surface area contributed by atoms with Gasteiger partial charge in [0.2, 0.25) is 5.91 Å². The van der Waals surface area contributed by atoms with E-state index >= 15 is 0 Å². The number of hydrogen-bond acceptors (Lipinski definition) is 5. The number of aliphatic hydroxyl groups is 2. The third-order valence-corrected chi connectivity index (χ3v) is 18.9. The van der Waals surface area contributed by atoms with E-state index in [1.807, 2.05) is 0 Å². The number of carbonyl (C=O) groups is 2. The Hall–Kier alpha value is -1.92. The molecule has 520 valence electrons. The van der Waals surface area contributed by atoms with Gasteiger partial charge in [0.05, 0.1) is 25.4 Å². The van der Waals surface area contributed by atoms with Crippen molar-refractivity contribution in [2.45, 2.75) is 463 Å². The number of allylic oxidation sites excluding steroid dienone is 6. The third kappa shape index (κ3) is 73.1. The van der Waals surface area contributed by atoms with E-state index < -0.39 is 12.1 Å². The van der Waals surface area contributed by atoms with Crippen LogP contribution < -0.4 is 5.32 Å². The van der Waals surface area contributed by atoms with Gasteiger partial charge in [0.25, 0.3) is 0 Å². The van der Waals surface area contributed by atoms with Crippen LogP contribution in [0.3, 0.4) is 0 Å². The van der Waals surface area contributed by atoms with Crippen molar-refractivity contribution in [3.8, 4) is 0 Å². The Labute approximate surface area is 551 Å². The second kappa shape index (κ2) is 77.5. The highest BCUT2D eigenvalue weighted by Gasteiger charge is 2.20. The highest BCUT2D eigenvalue weighted by molar-refractivity contribution is 5.76. The Morgan fingerprint density at radius 1 is 0.318 bits per heavy atom. The standard InChI is InChI=1S/C82H157NO5/c1-3-5-7-9-11-13-15-17-19-21-38-42-46-50-54-58-62-66-70-74-80(85)79(78-84)83-81(86)75-71-67-63-59-55-51-47-43-40-36-34-32-30-28-26-24-23-25-27-29-31-33-35-37-41-45-49-53-57-61-65-69-73-77-88-82(87)76-72-68-64-60-56-52-48-44-39-22-20-18-16-14-12-10-8-6-4-2/h18,20,27,29,33,35,79-80,84-85H,3-17,19,21-26,28,30-32,34,36-78H2,1-2H3,(H,83,86)/b20-18-,29-27-,35-33-. The summed E-state index contributed by atoms with van der Waals surface area (Å²) in [5, 5.41) is 23.4. The van der Waals surface area contributed by atoms with E-state index in [1.54, 1.807) is 0 Å². The summed E-state index contributed by atoms with van der Waals surface area (Å²) in [5.41, 5.74) is 0. The largest absolute Gasteiger partial charge is 0.466 e. The lowest BCUT2D eigenvalue weighted by molar-refractivity contribution is -0.143. The van der Waals surface area contributed by atoms with Gasteiger partial charge in [-0.25, -0.2) is 0 Å². The molecule has 0 aliphatic heterocycles. The second-order valence-electron chi connectivity index (χ2n) is 27.7. The molecule has 2 atom stereocenters. The summed E-state index contributed by atoms with van der Waals surface area (Å²) < 4.78 is 5.51. The van der Waals surface area contributed by atoms with Crippen LogP contribution in [0.1, 0.15) is 450 Å². The van der Waals surface area contributed by atoms with Crippen LogP contribution in [-0.2, 0) is 14.3 Å². The molecule has 0 fully saturated rings. The zero-order valence-corrected chi connectivity index (χ0v) is 59.7. The summed E-state index contributed by atoms with van der Waals surface area (Å²) in [6.45, 7) is 4.99. The zero-order chi connectivity index (χ0) is 63.5. The molecule has 0 aromatic heterocycles. The zero-order valence-electron chi connectivity index (χ0n) is 59.7. The van der Waals surface area contributed by atoms with Crippen molar-refractivity contribution in [1.82, 2.24) is 5.32 Å². The molecule has 0 aliphatic carbocycles. The fourth-order valence-electron chi connectivity index (χ4n) is 12.8. The van der Waals surface area contributed by atoms with Crippen LogP contribution in [0.25, 0.3) is 0 Å². The third-order valence-electron chi connectivity index (χ3n) is 18.9. The molecule has 0 radical (unpaired) electrons. The maximum absolute atomic E-state index is 12.6. The number of rotatable bonds is 76. The van der Waals surface area contributed by atoms with Crippen LogP contribution >= 0.6 is 0 Å². The molecule has 0 saturated heterocycles. The molecule has 1 amide bonds. The molecule has 6 heteroatoms. The van der Waals surface area contributed by atoms with Crippen molar-refractivity contribution >= 4 is 11.9 Å². The number of unbranched alkanes of at least 4 members (excludes halogenated alkanes) is 59. The predicted molar refractivity (Wildman–Crippen MR) is 389 cm³/mol. The minimum absolute atomic E-state index is 0.0146. The van der Waals surface area contributed by atoms with Crippen LogP contribution in [0.5, 0.6) is 0 Å². The highest BCUT2D eigenvalue weighted by Crippen LogP contribution is 2.20. The second-order valence-corrected chi connectivity index (χ2v) is 27.7. The van der Waals surface area contributed by atoms with E-state index in [4.69, 9.17) is 4.74 Å². The number of hydrogen-bond donors (Lipinski definition) is 3. The van der Waals surface area contributed by atoms with Gasteiger partial charge in [-0.2, -0.15) is 0 Å². The molecule has 3 N–H and O–H groups in total. The molecular weight excluding hydrogens is 1080 g/mol. The van der Waals surface area contributed by atoms with Crippen molar-refractivity contribution in [2.75, 3.05) is 13.2 Å². The van der Waals surface area contributed by atoms with E-state index in [-0.39, 0.29) is 18.5 Å². The Morgan fingerprint density at radius 2 is 0.568 bits per heavy atom. The minimum atomic E-state index is -0.664. The average molecular weight is 1240 g/mol. The number of amides is 1. The molecule has 0 aromatic carbocycles. The van der Waals surface area contributed by atoms with Crippen molar-refractivity contribution in [3.05, 3.63) is 36.5 Å². The normalized spacial score (nSPS) is 12.6. The molecule has 0 rings (SSSR count). The number of esters is 1. The van der Waals surface area contributed by atoms with Gasteiger partial charge in [-0.3, -0.25) is 9.59 Å². The average Bonchev–Trinajstić information content (AvgIpc) is 3.58. The van der Waals surface area contributed by atoms with Gasteiger partial charge >= 0.3 is 5.97 Å². The molecule has 0 heterocycles. The Balaban J connectivity index is 3.37. The number of carbonyl (C=O) groups excluding carboxylic acids is 2. The lowest BCUT2D eigenvalue weighted by atomic mass is 10.0. The smallest absolute Gasteiger partial charge is 0.305 e. The number of ether oxygens (including phenoxy) is 1. The van der Waals surface area contributed by atoms with Crippen LogP contribution in [0.15, 0.2) is 36.5 Å².